The molecule has 0 radical (unpaired) electrons. The first-order valence-electron chi connectivity index (χ1n) is 5.61. The van der Waals surface area contributed by atoms with Gasteiger partial charge in [0.15, 0.2) is 6.61 Å². The molecule has 0 saturated heterocycles. The molecule has 0 aliphatic carbocycles. The lowest BCUT2D eigenvalue weighted by Crippen LogP contribution is -2.19. The lowest BCUT2D eigenvalue weighted by atomic mass is 10.3. The molecular weight excluding hydrogens is 328 g/mol. The molecule has 19 heavy (non-hydrogen) atoms. The third kappa shape index (κ3) is 4.57. The minimum atomic E-state index is -0.481. The lowest BCUT2D eigenvalue weighted by Gasteiger charge is -2.07. The zero-order chi connectivity index (χ0) is 13.7. The van der Waals surface area contributed by atoms with Crippen LogP contribution in [0.1, 0.15) is 4.88 Å². The molecule has 1 aromatic heterocycles. The molecule has 1 amide bonds. The van der Waals surface area contributed by atoms with Crippen molar-refractivity contribution < 1.29 is 9.53 Å². The van der Waals surface area contributed by atoms with E-state index in [0.717, 1.165) is 16.7 Å². The van der Waals surface area contributed by atoms with Gasteiger partial charge in [-0.25, -0.2) is 0 Å². The predicted molar refractivity (Wildman–Crippen MR) is 80.5 cm³/mol. The Kier molecular flexibility index (Phi) is 4.81. The van der Waals surface area contributed by atoms with Gasteiger partial charge in [-0.2, -0.15) is 0 Å². The SMILES string of the molecule is NC(=O)COc1ccc(NCc2cc(Br)cs2)cc1. The zero-order valence-corrected chi connectivity index (χ0v) is 12.5. The summed E-state index contributed by atoms with van der Waals surface area (Å²) in [5.41, 5.74) is 6.00. The number of primary amides is 1. The van der Waals surface area contributed by atoms with Crippen molar-refractivity contribution >= 4 is 38.9 Å². The largest absolute Gasteiger partial charge is 0.484 e. The van der Waals surface area contributed by atoms with E-state index in [9.17, 15) is 4.79 Å². The highest BCUT2D eigenvalue weighted by Crippen LogP contribution is 2.21. The maximum atomic E-state index is 10.6. The molecule has 2 rings (SSSR count). The quantitative estimate of drug-likeness (QED) is 0.849. The molecule has 2 aromatic rings. The van der Waals surface area contributed by atoms with Gasteiger partial charge in [0.2, 0.25) is 0 Å². The molecule has 0 aliphatic rings. The van der Waals surface area contributed by atoms with E-state index in [0.29, 0.717) is 5.75 Å². The minimum absolute atomic E-state index is 0.101. The molecule has 1 aromatic carbocycles. The van der Waals surface area contributed by atoms with Crippen LogP contribution in [0.2, 0.25) is 0 Å². The maximum Gasteiger partial charge on any atom is 0.255 e. The molecule has 3 N–H and O–H groups in total. The van der Waals surface area contributed by atoms with Crippen LogP contribution in [0, 0.1) is 0 Å². The van der Waals surface area contributed by atoms with E-state index in [-0.39, 0.29) is 6.61 Å². The first-order chi connectivity index (χ1) is 9.13. The second-order valence-corrected chi connectivity index (χ2v) is 5.78. The van der Waals surface area contributed by atoms with Crippen molar-refractivity contribution in [2.24, 2.45) is 5.73 Å². The van der Waals surface area contributed by atoms with Crippen LogP contribution in [0.15, 0.2) is 40.2 Å². The third-order valence-electron chi connectivity index (χ3n) is 2.32. The third-order valence-corrected chi connectivity index (χ3v) is 4.02. The maximum absolute atomic E-state index is 10.6. The fourth-order valence-electron chi connectivity index (χ4n) is 1.46. The van der Waals surface area contributed by atoms with Crippen LogP contribution in [0.25, 0.3) is 0 Å². The van der Waals surface area contributed by atoms with E-state index in [1.165, 1.54) is 4.88 Å². The number of hydrogen-bond donors (Lipinski definition) is 2. The average molecular weight is 341 g/mol. The van der Waals surface area contributed by atoms with Gasteiger partial charge in [0.25, 0.3) is 5.91 Å². The number of thiophene rings is 1. The molecule has 0 fully saturated rings. The molecule has 4 nitrogen and oxygen atoms in total. The van der Waals surface area contributed by atoms with E-state index in [1.807, 2.05) is 12.1 Å². The van der Waals surface area contributed by atoms with Gasteiger partial charge in [-0.3, -0.25) is 4.79 Å². The summed E-state index contributed by atoms with van der Waals surface area (Å²) in [6.07, 6.45) is 0. The van der Waals surface area contributed by atoms with Crippen molar-refractivity contribution in [3.05, 3.63) is 45.1 Å². The van der Waals surface area contributed by atoms with E-state index in [4.69, 9.17) is 10.5 Å². The van der Waals surface area contributed by atoms with Crippen LogP contribution in [0.4, 0.5) is 5.69 Å². The number of rotatable bonds is 6. The summed E-state index contributed by atoms with van der Waals surface area (Å²) in [4.78, 5) is 11.8. The Morgan fingerprint density at radius 1 is 1.37 bits per heavy atom. The molecule has 6 heteroatoms. The molecule has 0 aliphatic heterocycles. The number of benzene rings is 1. The van der Waals surface area contributed by atoms with Crippen LogP contribution >= 0.6 is 27.3 Å². The highest BCUT2D eigenvalue weighted by molar-refractivity contribution is 9.10. The van der Waals surface area contributed by atoms with Gasteiger partial charge in [0, 0.05) is 27.0 Å². The fourth-order valence-corrected chi connectivity index (χ4v) is 2.85. The molecule has 0 atom stereocenters. The number of nitrogens with one attached hydrogen (secondary N) is 1. The summed E-state index contributed by atoms with van der Waals surface area (Å²) in [6.45, 7) is 0.674. The summed E-state index contributed by atoms with van der Waals surface area (Å²) in [5.74, 6) is 0.147. The number of hydrogen-bond acceptors (Lipinski definition) is 4. The van der Waals surface area contributed by atoms with E-state index < -0.39 is 5.91 Å². The van der Waals surface area contributed by atoms with Crippen molar-refractivity contribution in [1.29, 1.82) is 0 Å². The second-order valence-electron chi connectivity index (χ2n) is 3.86. The Morgan fingerprint density at radius 2 is 2.11 bits per heavy atom. The van der Waals surface area contributed by atoms with E-state index in [1.54, 1.807) is 23.5 Å². The van der Waals surface area contributed by atoms with Gasteiger partial charge >= 0.3 is 0 Å². The van der Waals surface area contributed by atoms with Crippen molar-refractivity contribution in [2.75, 3.05) is 11.9 Å². The number of nitrogens with two attached hydrogens (primary N) is 1. The Bertz CT molecular complexity index is 554. The second kappa shape index (κ2) is 6.58. The molecule has 100 valence electrons. The van der Waals surface area contributed by atoms with Crippen LogP contribution in [-0.2, 0) is 11.3 Å². The number of anilines is 1. The van der Waals surface area contributed by atoms with Gasteiger partial charge in [-0.15, -0.1) is 11.3 Å². The summed E-state index contributed by atoms with van der Waals surface area (Å²) in [5, 5.41) is 5.36. The molecule has 0 spiro atoms. The van der Waals surface area contributed by atoms with Crippen molar-refractivity contribution in [1.82, 2.24) is 0 Å². The van der Waals surface area contributed by atoms with Gasteiger partial charge in [0.1, 0.15) is 5.75 Å². The van der Waals surface area contributed by atoms with Gasteiger partial charge in [-0.05, 0) is 46.3 Å². The predicted octanol–water partition coefficient (Wildman–Crippen LogP) is 2.99. The molecule has 0 saturated carbocycles. The summed E-state index contributed by atoms with van der Waals surface area (Å²) < 4.78 is 6.28. The lowest BCUT2D eigenvalue weighted by molar-refractivity contribution is -0.119. The summed E-state index contributed by atoms with van der Waals surface area (Å²) in [6, 6.07) is 9.49. The van der Waals surface area contributed by atoms with Crippen LogP contribution in [0.3, 0.4) is 0 Å². The number of halogens is 1. The average Bonchev–Trinajstić information content (AvgIpc) is 2.81. The first-order valence-corrected chi connectivity index (χ1v) is 7.29. The molecule has 0 bridgehead atoms. The van der Waals surface area contributed by atoms with Crippen LogP contribution in [0.5, 0.6) is 5.75 Å². The number of carbonyl (C=O) groups excluding carboxylic acids is 1. The normalized spacial score (nSPS) is 10.2. The molecular formula is C13H13BrN2O2S. The van der Waals surface area contributed by atoms with Gasteiger partial charge < -0.3 is 15.8 Å². The smallest absolute Gasteiger partial charge is 0.255 e. The van der Waals surface area contributed by atoms with Crippen molar-refractivity contribution in [3.63, 3.8) is 0 Å². The molecule has 1 heterocycles. The topological polar surface area (TPSA) is 64.4 Å². The number of amides is 1. The Hall–Kier alpha value is -1.53. The van der Waals surface area contributed by atoms with Gasteiger partial charge in [0.05, 0.1) is 0 Å². The number of carbonyl (C=O) groups is 1. The Morgan fingerprint density at radius 3 is 2.68 bits per heavy atom. The zero-order valence-electron chi connectivity index (χ0n) is 10.1. The number of ether oxygens (including phenoxy) is 1. The first kappa shape index (κ1) is 13.9. The van der Waals surface area contributed by atoms with Crippen LogP contribution < -0.4 is 15.8 Å². The highest BCUT2D eigenvalue weighted by atomic mass is 79.9. The molecule has 0 unspecified atom stereocenters. The van der Waals surface area contributed by atoms with Crippen LogP contribution in [-0.4, -0.2) is 12.5 Å². The van der Waals surface area contributed by atoms with Gasteiger partial charge in [-0.1, -0.05) is 0 Å². The van der Waals surface area contributed by atoms with Crippen molar-refractivity contribution in [2.45, 2.75) is 6.54 Å². The Balaban J connectivity index is 1.86. The highest BCUT2D eigenvalue weighted by Gasteiger charge is 2.00. The minimum Gasteiger partial charge on any atom is -0.484 e. The Labute approximate surface area is 123 Å². The summed E-state index contributed by atoms with van der Waals surface area (Å²) >= 11 is 5.12. The van der Waals surface area contributed by atoms with E-state index in [2.05, 4.69) is 32.7 Å². The standard InChI is InChI=1S/C13H13BrN2O2S/c14-9-5-12(19-8-9)6-16-10-1-3-11(4-2-10)18-7-13(15)17/h1-5,8,16H,6-7H2,(H2,15,17). The monoisotopic (exact) mass is 340 g/mol. The fraction of sp³-hybridized carbons (Fsp3) is 0.154. The summed E-state index contributed by atoms with van der Waals surface area (Å²) in [7, 11) is 0. The van der Waals surface area contributed by atoms with E-state index >= 15 is 0 Å². The van der Waals surface area contributed by atoms with Crippen molar-refractivity contribution in [3.8, 4) is 5.75 Å².